The van der Waals surface area contributed by atoms with Crippen LogP contribution < -0.4 is 0 Å². The van der Waals surface area contributed by atoms with E-state index in [9.17, 15) is 14.4 Å². The Bertz CT molecular complexity index is 642. The highest BCUT2D eigenvalue weighted by Crippen LogP contribution is 2.36. The molecule has 1 heterocycles. The number of carbonyl (C=O) groups excluding carboxylic acids is 3. The number of esters is 3. The van der Waals surface area contributed by atoms with E-state index in [4.69, 9.17) is 14.2 Å². The first-order chi connectivity index (χ1) is 11.8. The monoisotopic (exact) mass is 348 g/mol. The molecule has 136 valence electrons. The predicted octanol–water partition coefficient (Wildman–Crippen LogP) is 2.64. The van der Waals surface area contributed by atoms with Gasteiger partial charge in [-0.1, -0.05) is 18.2 Å². The Morgan fingerprint density at radius 2 is 2.04 bits per heavy atom. The first-order valence-corrected chi connectivity index (χ1v) is 8.33. The van der Waals surface area contributed by atoms with Crippen molar-refractivity contribution in [2.75, 3.05) is 6.61 Å². The van der Waals surface area contributed by atoms with Gasteiger partial charge in [-0.15, -0.1) is 0 Å². The second kappa shape index (κ2) is 8.14. The van der Waals surface area contributed by atoms with E-state index < -0.39 is 30.1 Å². The van der Waals surface area contributed by atoms with E-state index in [0.717, 1.165) is 24.0 Å². The van der Waals surface area contributed by atoms with Crippen molar-refractivity contribution in [3.63, 3.8) is 0 Å². The minimum absolute atomic E-state index is 0.133. The van der Waals surface area contributed by atoms with E-state index in [0.29, 0.717) is 12.0 Å². The Morgan fingerprint density at radius 1 is 1.32 bits per heavy atom. The highest BCUT2D eigenvalue weighted by Gasteiger charge is 2.44. The lowest BCUT2D eigenvalue weighted by Crippen LogP contribution is -2.33. The van der Waals surface area contributed by atoms with Crippen LogP contribution >= 0.6 is 0 Å². The fourth-order valence-corrected chi connectivity index (χ4v) is 3.16. The standard InChI is InChI=1S/C19H24O6/c1-11-6-5-7-15(10-23-13(3)20)9-17(24-14(4)21)18-12(2)19(22)25-16(18)8-11/h7-8,16-18H,2,5-6,9-10H2,1,3-4H3/b11-8+,15-7+/t16-,17+,18+/m1/s1. The Hall–Kier alpha value is -2.37. The average molecular weight is 348 g/mol. The van der Waals surface area contributed by atoms with Crippen LogP contribution in [0.25, 0.3) is 0 Å². The summed E-state index contributed by atoms with van der Waals surface area (Å²) in [6, 6.07) is 0. The molecule has 2 rings (SSSR count). The molecule has 25 heavy (non-hydrogen) atoms. The highest BCUT2D eigenvalue weighted by atomic mass is 16.6. The molecule has 0 aromatic carbocycles. The second-order valence-electron chi connectivity index (χ2n) is 6.47. The first kappa shape index (κ1) is 19.0. The zero-order valence-corrected chi connectivity index (χ0v) is 14.9. The smallest absolute Gasteiger partial charge is 0.334 e. The van der Waals surface area contributed by atoms with Crippen molar-refractivity contribution in [3.8, 4) is 0 Å². The third-order valence-corrected chi connectivity index (χ3v) is 4.32. The van der Waals surface area contributed by atoms with Gasteiger partial charge in [0.15, 0.2) is 0 Å². The van der Waals surface area contributed by atoms with Gasteiger partial charge in [-0.25, -0.2) is 4.79 Å². The minimum Gasteiger partial charge on any atom is -0.461 e. The van der Waals surface area contributed by atoms with E-state index in [1.165, 1.54) is 13.8 Å². The van der Waals surface area contributed by atoms with Crippen molar-refractivity contribution in [1.82, 2.24) is 0 Å². The Morgan fingerprint density at radius 3 is 2.68 bits per heavy atom. The van der Waals surface area contributed by atoms with Gasteiger partial charge in [-0.05, 0) is 31.4 Å². The fourth-order valence-electron chi connectivity index (χ4n) is 3.16. The molecule has 0 saturated carbocycles. The normalized spacial score (nSPS) is 30.9. The average Bonchev–Trinajstić information content (AvgIpc) is 2.77. The van der Waals surface area contributed by atoms with E-state index in [-0.39, 0.29) is 12.6 Å². The summed E-state index contributed by atoms with van der Waals surface area (Å²) in [5.74, 6) is -1.74. The van der Waals surface area contributed by atoms with Crippen molar-refractivity contribution in [1.29, 1.82) is 0 Å². The molecule has 0 spiro atoms. The molecular formula is C19H24O6. The van der Waals surface area contributed by atoms with Gasteiger partial charge in [0.2, 0.25) is 0 Å². The molecule has 6 nitrogen and oxygen atoms in total. The summed E-state index contributed by atoms with van der Waals surface area (Å²) in [4.78, 5) is 34.7. The number of carbonyl (C=O) groups is 3. The van der Waals surface area contributed by atoms with Crippen molar-refractivity contribution in [3.05, 3.63) is 35.5 Å². The summed E-state index contributed by atoms with van der Waals surface area (Å²) in [5, 5.41) is 0. The number of rotatable bonds is 3. The lowest BCUT2D eigenvalue weighted by Gasteiger charge is -2.27. The van der Waals surface area contributed by atoms with Gasteiger partial charge in [0.05, 0.1) is 5.92 Å². The van der Waals surface area contributed by atoms with Crippen LogP contribution in [0.15, 0.2) is 35.5 Å². The number of fused-ring (bicyclic) bond motifs is 1. The summed E-state index contributed by atoms with van der Waals surface area (Å²) >= 11 is 0. The summed E-state index contributed by atoms with van der Waals surface area (Å²) in [6.45, 7) is 8.60. The zero-order chi connectivity index (χ0) is 18.6. The van der Waals surface area contributed by atoms with E-state index in [1.54, 1.807) is 0 Å². The second-order valence-corrected chi connectivity index (χ2v) is 6.47. The molecule has 1 aliphatic carbocycles. The Labute approximate surface area is 147 Å². The highest BCUT2D eigenvalue weighted by molar-refractivity contribution is 5.91. The van der Waals surface area contributed by atoms with Crippen LogP contribution in [-0.2, 0) is 28.6 Å². The Balaban J connectivity index is 2.35. The van der Waals surface area contributed by atoms with Gasteiger partial charge < -0.3 is 14.2 Å². The lowest BCUT2D eigenvalue weighted by atomic mass is 9.85. The maximum Gasteiger partial charge on any atom is 0.334 e. The van der Waals surface area contributed by atoms with Gasteiger partial charge in [-0.2, -0.15) is 0 Å². The van der Waals surface area contributed by atoms with Crippen LogP contribution in [0, 0.1) is 5.92 Å². The van der Waals surface area contributed by atoms with Crippen LogP contribution in [0.3, 0.4) is 0 Å². The fraction of sp³-hybridized carbons (Fsp3) is 0.526. The van der Waals surface area contributed by atoms with Gasteiger partial charge in [-0.3, -0.25) is 9.59 Å². The van der Waals surface area contributed by atoms with Gasteiger partial charge in [0.25, 0.3) is 0 Å². The molecule has 0 aromatic heterocycles. The predicted molar refractivity (Wildman–Crippen MR) is 90.4 cm³/mol. The maximum absolute atomic E-state index is 12.0. The van der Waals surface area contributed by atoms with Crippen LogP contribution in [0.1, 0.15) is 40.0 Å². The molecule has 0 unspecified atom stereocenters. The van der Waals surface area contributed by atoms with Gasteiger partial charge >= 0.3 is 17.9 Å². The molecule has 0 radical (unpaired) electrons. The van der Waals surface area contributed by atoms with Crippen LogP contribution in [0.2, 0.25) is 0 Å². The van der Waals surface area contributed by atoms with Crippen LogP contribution in [0.5, 0.6) is 0 Å². The first-order valence-electron chi connectivity index (χ1n) is 8.33. The SMILES string of the molecule is C=C1C(=O)O[C@@H]2/C=C(\C)CC/C=C(/COC(C)=O)C[C@H](OC(C)=O)[C@@H]12. The van der Waals surface area contributed by atoms with E-state index in [1.807, 2.05) is 19.1 Å². The lowest BCUT2D eigenvalue weighted by molar-refractivity contribution is -0.149. The van der Waals surface area contributed by atoms with Crippen molar-refractivity contribution >= 4 is 17.9 Å². The minimum atomic E-state index is -0.606. The number of allylic oxidation sites excluding steroid dienone is 2. The molecule has 0 N–H and O–H groups in total. The van der Waals surface area contributed by atoms with Crippen molar-refractivity contribution in [2.24, 2.45) is 5.92 Å². The molecule has 6 heteroatoms. The van der Waals surface area contributed by atoms with E-state index in [2.05, 4.69) is 6.58 Å². The van der Waals surface area contributed by atoms with Crippen LogP contribution in [0.4, 0.5) is 0 Å². The largest absolute Gasteiger partial charge is 0.461 e. The molecule has 0 bridgehead atoms. The summed E-state index contributed by atoms with van der Waals surface area (Å²) in [6.07, 6.45) is 4.71. The number of hydrogen-bond donors (Lipinski definition) is 0. The molecule has 3 atom stereocenters. The third-order valence-electron chi connectivity index (χ3n) is 4.32. The molecular weight excluding hydrogens is 324 g/mol. The summed E-state index contributed by atoms with van der Waals surface area (Å²) in [7, 11) is 0. The van der Waals surface area contributed by atoms with Gasteiger partial charge in [0, 0.05) is 25.8 Å². The quantitative estimate of drug-likeness (QED) is 0.338. The van der Waals surface area contributed by atoms with Crippen molar-refractivity contribution in [2.45, 2.75) is 52.2 Å². The van der Waals surface area contributed by atoms with E-state index >= 15 is 0 Å². The molecule has 0 aromatic rings. The summed E-state index contributed by atoms with van der Waals surface area (Å²) < 4.78 is 16.0. The van der Waals surface area contributed by atoms with Crippen molar-refractivity contribution < 1.29 is 28.6 Å². The topological polar surface area (TPSA) is 78.9 Å². The Kier molecular flexibility index (Phi) is 6.17. The third kappa shape index (κ3) is 5.05. The number of ether oxygens (including phenoxy) is 3. The molecule has 0 amide bonds. The number of hydrogen-bond acceptors (Lipinski definition) is 6. The summed E-state index contributed by atoms with van der Waals surface area (Å²) in [5.41, 5.74) is 2.22. The molecule has 1 fully saturated rings. The molecule has 1 saturated heterocycles. The van der Waals surface area contributed by atoms with Crippen LogP contribution in [-0.4, -0.2) is 36.7 Å². The maximum atomic E-state index is 12.0. The zero-order valence-electron chi connectivity index (χ0n) is 14.9. The molecule has 1 aliphatic heterocycles. The molecule has 2 aliphatic rings. The van der Waals surface area contributed by atoms with Gasteiger partial charge in [0.1, 0.15) is 18.8 Å².